The Balaban J connectivity index is 2.36. The molecule has 0 spiro atoms. The lowest BCUT2D eigenvalue weighted by molar-refractivity contribution is -0.267. The first-order valence-electron chi connectivity index (χ1n) is 7.02. The minimum atomic E-state index is -0.586. The van der Waals surface area contributed by atoms with Gasteiger partial charge in [0, 0.05) is 23.3 Å². The second kappa shape index (κ2) is 5.91. The summed E-state index contributed by atoms with van der Waals surface area (Å²) in [6.07, 6.45) is 1.29. The van der Waals surface area contributed by atoms with Crippen LogP contribution in [0, 0.1) is 0 Å². The van der Waals surface area contributed by atoms with E-state index in [0.29, 0.717) is 34.3 Å². The summed E-state index contributed by atoms with van der Waals surface area (Å²) >= 11 is 0. The molecule has 3 aromatic rings. The maximum atomic E-state index is 11.6. The third-order valence-corrected chi connectivity index (χ3v) is 3.83. The van der Waals surface area contributed by atoms with Crippen LogP contribution in [0.25, 0.3) is 21.9 Å². The highest BCUT2D eigenvalue weighted by Gasteiger charge is 2.22. The van der Waals surface area contributed by atoms with Crippen molar-refractivity contribution in [1.29, 1.82) is 0 Å². The van der Waals surface area contributed by atoms with Crippen molar-refractivity contribution in [2.75, 3.05) is 7.11 Å². The van der Waals surface area contributed by atoms with Crippen LogP contribution in [0.3, 0.4) is 0 Å². The number of fused-ring (bicyclic) bond motifs is 2. The van der Waals surface area contributed by atoms with Crippen molar-refractivity contribution in [3.8, 4) is 5.75 Å². The molecule has 0 fully saturated rings. The highest BCUT2D eigenvalue weighted by Crippen LogP contribution is 2.39. The third-order valence-electron chi connectivity index (χ3n) is 3.83. The second-order valence-corrected chi connectivity index (χ2v) is 5.32. The predicted octanol–water partition coefficient (Wildman–Crippen LogP) is 3.52. The number of ether oxygens (including phenoxy) is 1. The van der Waals surface area contributed by atoms with Crippen LogP contribution in [0.5, 0.6) is 5.75 Å². The molecule has 0 saturated heterocycles. The van der Waals surface area contributed by atoms with Gasteiger partial charge in [-0.1, -0.05) is 6.58 Å². The summed E-state index contributed by atoms with van der Waals surface area (Å²) in [5.74, 6) is 0.359. The number of furan rings is 1. The van der Waals surface area contributed by atoms with E-state index in [1.54, 1.807) is 19.1 Å². The lowest BCUT2D eigenvalue weighted by Crippen LogP contribution is -2.16. The quantitative estimate of drug-likeness (QED) is 0.336. The topological polar surface area (TPSA) is 82.0 Å². The summed E-state index contributed by atoms with van der Waals surface area (Å²) in [5.41, 5.74) is 1.78. The molecule has 0 aliphatic rings. The molecule has 1 N–H and O–H groups in total. The first-order valence-corrected chi connectivity index (χ1v) is 7.02. The van der Waals surface area contributed by atoms with Gasteiger partial charge < -0.3 is 13.6 Å². The largest absolute Gasteiger partial charge is 0.490 e. The third kappa shape index (κ3) is 2.52. The lowest BCUT2D eigenvalue weighted by Gasteiger charge is -2.16. The van der Waals surface area contributed by atoms with E-state index in [2.05, 4.69) is 11.5 Å². The van der Waals surface area contributed by atoms with Gasteiger partial charge in [-0.15, -0.1) is 0 Å². The van der Waals surface area contributed by atoms with E-state index in [4.69, 9.17) is 18.8 Å². The lowest BCUT2D eigenvalue weighted by atomic mass is 9.96. The molecule has 1 unspecified atom stereocenters. The Hall–Kier alpha value is -2.57. The molecule has 0 saturated carbocycles. The highest BCUT2D eigenvalue weighted by molar-refractivity contribution is 6.03. The van der Waals surface area contributed by atoms with Crippen molar-refractivity contribution < 1.29 is 23.7 Å². The predicted molar refractivity (Wildman–Crippen MR) is 84.8 cm³/mol. The summed E-state index contributed by atoms with van der Waals surface area (Å²) in [6.45, 7) is 5.57. The van der Waals surface area contributed by atoms with Gasteiger partial charge >= 0.3 is 5.63 Å². The van der Waals surface area contributed by atoms with E-state index < -0.39 is 11.7 Å². The molecule has 1 aromatic carbocycles. The first kappa shape index (κ1) is 15.3. The van der Waals surface area contributed by atoms with Gasteiger partial charge in [0.2, 0.25) is 5.75 Å². The number of methoxy groups -OCH3 is 1. The van der Waals surface area contributed by atoms with Crippen molar-refractivity contribution >= 4 is 21.9 Å². The fraction of sp³-hybridized carbons (Fsp3) is 0.235. The molecular formula is C17H16O6. The molecule has 120 valence electrons. The monoisotopic (exact) mass is 316 g/mol. The van der Waals surface area contributed by atoms with Gasteiger partial charge in [-0.2, -0.15) is 0 Å². The molecule has 0 bridgehead atoms. The van der Waals surface area contributed by atoms with E-state index in [0.717, 1.165) is 10.9 Å². The van der Waals surface area contributed by atoms with Crippen molar-refractivity contribution in [1.82, 2.24) is 0 Å². The van der Waals surface area contributed by atoms with Crippen LogP contribution < -0.4 is 10.4 Å². The van der Waals surface area contributed by atoms with Crippen LogP contribution in [-0.4, -0.2) is 18.5 Å². The average molecular weight is 316 g/mol. The maximum Gasteiger partial charge on any atom is 0.336 e. The van der Waals surface area contributed by atoms with Crippen LogP contribution in [-0.2, 0) is 11.3 Å². The van der Waals surface area contributed by atoms with Gasteiger partial charge in [0.1, 0.15) is 6.10 Å². The van der Waals surface area contributed by atoms with Gasteiger partial charge in [-0.05, 0) is 30.2 Å². The molecule has 2 heterocycles. The zero-order valence-electron chi connectivity index (χ0n) is 12.8. The second-order valence-electron chi connectivity index (χ2n) is 5.32. The molecule has 6 nitrogen and oxygen atoms in total. The molecular weight excluding hydrogens is 300 g/mol. The summed E-state index contributed by atoms with van der Waals surface area (Å²) in [7, 11) is 1.48. The Morgan fingerprint density at radius 1 is 1.30 bits per heavy atom. The number of hydrogen-bond acceptors (Lipinski definition) is 6. The van der Waals surface area contributed by atoms with Gasteiger partial charge in [0.25, 0.3) is 0 Å². The van der Waals surface area contributed by atoms with E-state index in [-0.39, 0.29) is 0 Å². The maximum absolute atomic E-state index is 11.6. The van der Waals surface area contributed by atoms with Gasteiger partial charge in [0.15, 0.2) is 11.2 Å². The Morgan fingerprint density at radius 3 is 2.70 bits per heavy atom. The Labute approximate surface area is 131 Å². The molecule has 3 rings (SSSR count). The molecule has 0 aliphatic heterocycles. The molecule has 1 atom stereocenters. The minimum Gasteiger partial charge on any atom is -0.490 e. The van der Waals surface area contributed by atoms with Crippen molar-refractivity contribution in [3.63, 3.8) is 0 Å². The van der Waals surface area contributed by atoms with E-state index in [9.17, 15) is 4.79 Å². The molecule has 0 radical (unpaired) electrons. The summed E-state index contributed by atoms with van der Waals surface area (Å²) in [6, 6.07) is 4.80. The number of rotatable bonds is 5. The zero-order chi connectivity index (χ0) is 16.6. The van der Waals surface area contributed by atoms with E-state index in [1.807, 2.05) is 0 Å². The first-order chi connectivity index (χ1) is 11.1. The van der Waals surface area contributed by atoms with E-state index >= 15 is 0 Å². The fourth-order valence-corrected chi connectivity index (χ4v) is 2.69. The molecule has 23 heavy (non-hydrogen) atoms. The Morgan fingerprint density at radius 2 is 2.04 bits per heavy atom. The van der Waals surface area contributed by atoms with Crippen LogP contribution >= 0.6 is 0 Å². The molecule has 0 aliphatic carbocycles. The summed E-state index contributed by atoms with van der Waals surface area (Å²) < 4.78 is 16.2. The van der Waals surface area contributed by atoms with Crippen LogP contribution in [0.2, 0.25) is 0 Å². The van der Waals surface area contributed by atoms with Crippen LogP contribution in [0.1, 0.15) is 12.5 Å². The van der Waals surface area contributed by atoms with E-state index in [1.165, 1.54) is 19.4 Å². The fourth-order valence-electron chi connectivity index (χ4n) is 2.69. The number of hydrogen-bond donors (Lipinski definition) is 1. The average Bonchev–Trinajstić information content (AvgIpc) is 3.00. The zero-order valence-corrected chi connectivity index (χ0v) is 12.8. The number of benzene rings is 1. The van der Waals surface area contributed by atoms with Crippen molar-refractivity contribution in [3.05, 3.63) is 52.6 Å². The summed E-state index contributed by atoms with van der Waals surface area (Å²) in [4.78, 5) is 16.1. The van der Waals surface area contributed by atoms with Gasteiger partial charge in [-0.3, -0.25) is 5.26 Å². The SMILES string of the molecule is C=C(C)C(Cc1c2ccoc2c(OC)c2oc(=O)ccc12)OO. The standard InChI is InChI=1S/C17H16O6/c1-9(2)13(23-19)8-12-10-4-5-14(18)22-16(10)17(20-3)15-11(12)6-7-21-15/h4-7,13,19H,1,8H2,2-3H3. The Kier molecular flexibility index (Phi) is 3.94. The summed E-state index contributed by atoms with van der Waals surface area (Å²) in [5, 5.41) is 10.6. The van der Waals surface area contributed by atoms with Crippen molar-refractivity contribution in [2.24, 2.45) is 0 Å². The molecule has 0 amide bonds. The molecule has 2 aromatic heterocycles. The van der Waals surface area contributed by atoms with Gasteiger partial charge in [0.05, 0.1) is 13.4 Å². The molecule has 6 heteroatoms. The van der Waals surface area contributed by atoms with Crippen LogP contribution in [0.4, 0.5) is 0 Å². The van der Waals surface area contributed by atoms with Gasteiger partial charge in [-0.25, -0.2) is 9.68 Å². The smallest absolute Gasteiger partial charge is 0.336 e. The van der Waals surface area contributed by atoms with Crippen molar-refractivity contribution in [2.45, 2.75) is 19.4 Å². The minimum absolute atomic E-state index is 0.302. The Bertz CT molecular complexity index is 933. The van der Waals surface area contributed by atoms with Crippen LogP contribution in [0.15, 0.2) is 50.2 Å². The normalized spacial score (nSPS) is 12.7. The highest BCUT2D eigenvalue weighted by atomic mass is 17.1.